The zero-order valence-corrected chi connectivity index (χ0v) is 8.55. The van der Waals surface area contributed by atoms with E-state index in [1.54, 1.807) is 11.8 Å². The van der Waals surface area contributed by atoms with E-state index in [-0.39, 0.29) is 5.25 Å². The van der Waals surface area contributed by atoms with Crippen LogP contribution >= 0.6 is 11.8 Å². The van der Waals surface area contributed by atoms with Crippen LogP contribution in [-0.2, 0) is 0 Å². The number of nitrogens with zero attached hydrogens (tertiary/aromatic N) is 3. The maximum atomic E-state index is 5.06. The number of hydrogen-bond acceptors (Lipinski definition) is 5. The molecule has 0 aromatic carbocycles. The molecule has 1 unspecified atom stereocenters. The first-order valence-corrected chi connectivity index (χ1v) is 4.97. The van der Waals surface area contributed by atoms with Crippen LogP contribution in [0.25, 0.3) is 0 Å². The molecule has 0 N–H and O–H groups in total. The van der Waals surface area contributed by atoms with E-state index in [0.717, 1.165) is 0 Å². The third-order valence-electron chi connectivity index (χ3n) is 1.53. The summed E-state index contributed by atoms with van der Waals surface area (Å²) >= 11 is 1.69. The predicted octanol–water partition coefficient (Wildman–Crippen LogP) is 1.56. The van der Waals surface area contributed by atoms with Gasteiger partial charge in [0.15, 0.2) is 0 Å². The third kappa shape index (κ3) is 1.91. The Balaban J connectivity index is 2.77. The molecule has 4 nitrogen and oxygen atoms in total. The summed E-state index contributed by atoms with van der Waals surface area (Å²) in [6.07, 6.45) is 2.02. The summed E-state index contributed by atoms with van der Waals surface area (Å²) in [5.41, 5.74) is 0. The van der Waals surface area contributed by atoms with Crippen LogP contribution in [0.15, 0.2) is 4.52 Å². The highest BCUT2D eigenvalue weighted by molar-refractivity contribution is 7.98. The molecule has 0 aliphatic carbocycles. The second kappa shape index (κ2) is 3.80. The van der Waals surface area contributed by atoms with Crippen molar-refractivity contribution in [2.24, 2.45) is 0 Å². The third-order valence-corrected chi connectivity index (χ3v) is 2.44. The number of aromatic nitrogens is 2. The minimum Gasteiger partial charge on any atom is -0.344 e. The molecule has 0 aliphatic heterocycles. The summed E-state index contributed by atoms with van der Waals surface area (Å²) in [5.74, 6) is 1.32. The van der Waals surface area contributed by atoms with Crippen LogP contribution in [0.5, 0.6) is 0 Å². The Hall–Kier alpha value is -0.710. The smallest absolute Gasteiger partial charge is 0.265 e. The van der Waals surface area contributed by atoms with Gasteiger partial charge in [0, 0.05) is 14.1 Å². The lowest BCUT2D eigenvalue weighted by Gasteiger charge is -2.03. The van der Waals surface area contributed by atoms with E-state index >= 15 is 0 Å². The van der Waals surface area contributed by atoms with E-state index in [1.807, 2.05) is 32.2 Å². The van der Waals surface area contributed by atoms with Crippen LogP contribution in [0.3, 0.4) is 0 Å². The van der Waals surface area contributed by atoms with Gasteiger partial charge in [-0.15, -0.1) is 0 Å². The van der Waals surface area contributed by atoms with Gasteiger partial charge in [-0.1, -0.05) is 0 Å². The first-order chi connectivity index (χ1) is 5.65. The van der Waals surface area contributed by atoms with Crippen molar-refractivity contribution >= 4 is 17.7 Å². The van der Waals surface area contributed by atoms with Gasteiger partial charge in [0.1, 0.15) is 0 Å². The zero-order valence-electron chi connectivity index (χ0n) is 7.74. The highest BCUT2D eigenvalue weighted by Gasteiger charge is 2.13. The molecule has 0 amide bonds. The molecule has 0 saturated heterocycles. The van der Waals surface area contributed by atoms with E-state index in [4.69, 9.17) is 4.52 Å². The average Bonchev–Trinajstić information content (AvgIpc) is 2.51. The summed E-state index contributed by atoms with van der Waals surface area (Å²) in [4.78, 5) is 6.03. The minimum absolute atomic E-state index is 0.270. The molecule has 0 aliphatic rings. The first kappa shape index (κ1) is 9.38. The van der Waals surface area contributed by atoms with Crippen LogP contribution in [0, 0.1) is 0 Å². The molecule has 1 rings (SSSR count). The van der Waals surface area contributed by atoms with Crippen molar-refractivity contribution in [3.63, 3.8) is 0 Å². The van der Waals surface area contributed by atoms with Gasteiger partial charge in [0.25, 0.3) is 5.95 Å². The van der Waals surface area contributed by atoms with Gasteiger partial charge in [0.05, 0.1) is 5.25 Å². The highest BCUT2D eigenvalue weighted by atomic mass is 32.2. The Kier molecular flexibility index (Phi) is 2.97. The molecule has 1 atom stereocenters. The largest absolute Gasteiger partial charge is 0.344 e. The van der Waals surface area contributed by atoms with Gasteiger partial charge in [-0.2, -0.15) is 16.7 Å². The number of thioether (sulfide) groups is 1. The molecular weight excluding hydrogens is 174 g/mol. The van der Waals surface area contributed by atoms with E-state index in [9.17, 15) is 0 Å². The van der Waals surface area contributed by atoms with Crippen LogP contribution < -0.4 is 4.90 Å². The predicted molar refractivity (Wildman–Crippen MR) is 50.6 cm³/mol. The molecular formula is C7H13N3OS. The van der Waals surface area contributed by atoms with Crippen molar-refractivity contribution in [2.45, 2.75) is 12.2 Å². The first-order valence-electron chi connectivity index (χ1n) is 3.69. The van der Waals surface area contributed by atoms with Crippen LogP contribution in [0.1, 0.15) is 18.1 Å². The van der Waals surface area contributed by atoms with Crippen molar-refractivity contribution in [2.75, 3.05) is 25.3 Å². The van der Waals surface area contributed by atoms with E-state index in [1.165, 1.54) is 0 Å². The Morgan fingerprint density at radius 1 is 1.50 bits per heavy atom. The van der Waals surface area contributed by atoms with Crippen molar-refractivity contribution in [3.8, 4) is 0 Å². The maximum Gasteiger partial charge on any atom is 0.265 e. The van der Waals surface area contributed by atoms with Crippen molar-refractivity contribution < 1.29 is 4.52 Å². The Morgan fingerprint density at radius 3 is 2.58 bits per heavy atom. The fraction of sp³-hybridized carbons (Fsp3) is 0.714. The van der Waals surface area contributed by atoms with Gasteiger partial charge in [-0.25, -0.2) is 0 Å². The fourth-order valence-corrected chi connectivity index (χ4v) is 0.972. The summed E-state index contributed by atoms with van der Waals surface area (Å²) < 4.78 is 5.06. The number of rotatable bonds is 3. The molecule has 12 heavy (non-hydrogen) atoms. The van der Waals surface area contributed by atoms with Gasteiger partial charge in [-0.3, -0.25) is 0 Å². The number of hydrogen-bond donors (Lipinski definition) is 0. The highest BCUT2D eigenvalue weighted by Crippen LogP contribution is 2.24. The average molecular weight is 187 g/mol. The SMILES string of the molecule is CSC(C)c1nc(N(C)C)no1. The molecule has 1 heterocycles. The molecule has 0 bridgehead atoms. The Bertz CT molecular complexity index is 249. The molecule has 0 saturated carbocycles. The summed E-state index contributed by atoms with van der Waals surface area (Å²) in [6, 6.07) is 0. The molecule has 0 fully saturated rings. The minimum atomic E-state index is 0.270. The van der Waals surface area contributed by atoms with Gasteiger partial charge < -0.3 is 9.42 Å². The summed E-state index contributed by atoms with van der Waals surface area (Å²) in [5, 5.41) is 4.08. The lowest BCUT2D eigenvalue weighted by Crippen LogP contribution is -2.10. The molecule has 0 radical (unpaired) electrons. The molecule has 1 aromatic heterocycles. The molecule has 68 valence electrons. The van der Waals surface area contributed by atoms with Crippen LogP contribution in [0.4, 0.5) is 5.95 Å². The normalized spacial score (nSPS) is 13.0. The Morgan fingerprint density at radius 2 is 2.17 bits per heavy atom. The topological polar surface area (TPSA) is 42.2 Å². The molecule has 1 aromatic rings. The lowest BCUT2D eigenvalue weighted by atomic mass is 10.5. The monoisotopic (exact) mass is 187 g/mol. The van der Waals surface area contributed by atoms with Crippen molar-refractivity contribution in [1.29, 1.82) is 0 Å². The fourth-order valence-electron chi connectivity index (χ4n) is 0.675. The quantitative estimate of drug-likeness (QED) is 0.718. The summed E-state index contributed by atoms with van der Waals surface area (Å²) in [6.45, 7) is 2.04. The van der Waals surface area contributed by atoms with Gasteiger partial charge >= 0.3 is 0 Å². The molecule has 5 heteroatoms. The van der Waals surface area contributed by atoms with E-state index in [0.29, 0.717) is 11.8 Å². The van der Waals surface area contributed by atoms with Crippen LogP contribution in [-0.4, -0.2) is 30.5 Å². The second-order valence-electron chi connectivity index (χ2n) is 2.70. The maximum absolute atomic E-state index is 5.06. The lowest BCUT2D eigenvalue weighted by molar-refractivity contribution is 0.380. The van der Waals surface area contributed by atoms with Gasteiger partial charge in [-0.05, 0) is 18.3 Å². The standard InChI is InChI=1S/C7H13N3OS/c1-5(12-4)6-8-7(9-11-6)10(2)3/h5H,1-4H3. The second-order valence-corrected chi connectivity index (χ2v) is 3.88. The van der Waals surface area contributed by atoms with E-state index < -0.39 is 0 Å². The Labute approximate surface area is 76.3 Å². The molecule has 0 spiro atoms. The summed E-state index contributed by atoms with van der Waals surface area (Å²) in [7, 11) is 3.77. The van der Waals surface area contributed by atoms with Gasteiger partial charge in [0.2, 0.25) is 5.89 Å². The van der Waals surface area contributed by atoms with Crippen LogP contribution in [0.2, 0.25) is 0 Å². The van der Waals surface area contributed by atoms with Crippen molar-refractivity contribution in [3.05, 3.63) is 5.89 Å². The van der Waals surface area contributed by atoms with Crippen molar-refractivity contribution in [1.82, 2.24) is 10.1 Å². The number of anilines is 1. The zero-order chi connectivity index (χ0) is 9.14. The van der Waals surface area contributed by atoms with E-state index in [2.05, 4.69) is 10.1 Å².